The summed E-state index contributed by atoms with van der Waals surface area (Å²) in [7, 11) is 1.60. The molecule has 29 heavy (non-hydrogen) atoms. The molecule has 0 amide bonds. The van der Waals surface area contributed by atoms with Gasteiger partial charge in [-0.2, -0.15) is 0 Å². The van der Waals surface area contributed by atoms with Crippen LogP contribution in [0, 0.1) is 5.92 Å². The van der Waals surface area contributed by atoms with Crippen molar-refractivity contribution in [1.29, 1.82) is 0 Å². The molecule has 2 aromatic heterocycles. The summed E-state index contributed by atoms with van der Waals surface area (Å²) >= 11 is 0. The maximum atomic E-state index is 12.4. The Morgan fingerprint density at radius 1 is 1.24 bits per heavy atom. The topological polar surface area (TPSA) is 87.6 Å². The molecule has 1 fully saturated rings. The van der Waals surface area contributed by atoms with E-state index in [1.54, 1.807) is 25.4 Å². The lowest BCUT2D eigenvalue weighted by molar-refractivity contribution is -0.144. The van der Waals surface area contributed by atoms with E-state index >= 15 is 0 Å². The summed E-state index contributed by atoms with van der Waals surface area (Å²) in [4.78, 5) is 29.9. The molecule has 7 nitrogen and oxygen atoms in total. The number of piperidine rings is 1. The second-order valence-electron chi connectivity index (χ2n) is 8.05. The number of aromatic amines is 1. The number of nitrogens with zero attached hydrogens (tertiary/aromatic N) is 2. The zero-order chi connectivity index (χ0) is 20.1. The predicted octanol–water partition coefficient (Wildman–Crippen LogP) is 2.58. The molecule has 5 rings (SSSR count). The van der Waals surface area contributed by atoms with Crippen molar-refractivity contribution < 1.29 is 14.6 Å². The standard InChI is InChI=1S/C22H23N3O4/c1-29-15-5-6-18-16(8-15)17(9-23-18)21(22(27)28)24-10-13-7-14(12-24)19-3-2-4-20(26)25(19)11-13/h2-6,8-9,13-14,21,23H,7,10-12H2,1H3,(H,27,28)/t13-,14+,21-/m1/s1. The van der Waals surface area contributed by atoms with Crippen molar-refractivity contribution in [2.45, 2.75) is 24.9 Å². The molecule has 0 aliphatic carbocycles. The van der Waals surface area contributed by atoms with E-state index in [1.807, 2.05) is 28.8 Å². The van der Waals surface area contributed by atoms with E-state index in [-0.39, 0.29) is 17.4 Å². The van der Waals surface area contributed by atoms with Crippen LogP contribution >= 0.6 is 0 Å². The number of hydrogen-bond acceptors (Lipinski definition) is 4. The van der Waals surface area contributed by atoms with Gasteiger partial charge in [0.1, 0.15) is 11.8 Å². The molecular weight excluding hydrogens is 370 g/mol. The summed E-state index contributed by atoms with van der Waals surface area (Å²) in [5.74, 6) is 0.270. The van der Waals surface area contributed by atoms with Gasteiger partial charge in [-0.05, 0) is 36.6 Å². The van der Waals surface area contributed by atoms with Gasteiger partial charge in [0.25, 0.3) is 5.56 Å². The molecule has 0 saturated carbocycles. The normalized spacial score (nSPS) is 22.2. The van der Waals surface area contributed by atoms with Crippen LogP contribution in [0.3, 0.4) is 0 Å². The van der Waals surface area contributed by atoms with E-state index in [0.29, 0.717) is 25.4 Å². The zero-order valence-corrected chi connectivity index (χ0v) is 16.2. The molecule has 2 aliphatic rings. The number of fused-ring (bicyclic) bond motifs is 5. The van der Waals surface area contributed by atoms with Crippen LogP contribution in [0.15, 0.2) is 47.4 Å². The SMILES string of the molecule is COc1ccc2[nH]cc([C@H](C(=O)O)N3C[C@H]4C[C@@H](C3)c3cccc(=O)n3C4)c2c1. The number of aromatic nitrogens is 2. The van der Waals surface area contributed by atoms with E-state index in [2.05, 4.69) is 9.88 Å². The van der Waals surface area contributed by atoms with Gasteiger partial charge in [0, 0.05) is 60.0 Å². The first kappa shape index (κ1) is 18.0. The van der Waals surface area contributed by atoms with Crippen molar-refractivity contribution in [2.75, 3.05) is 20.2 Å². The average molecular weight is 393 g/mol. The fraction of sp³-hybridized carbons (Fsp3) is 0.364. The van der Waals surface area contributed by atoms with E-state index in [1.165, 1.54) is 0 Å². The number of pyridine rings is 1. The number of nitrogens with one attached hydrogen (secondary N) is 1. The molecule has 4 heterocycles. The molecule has 1 aromatic carbocycles. The van der Waals surface area contributed by atoms with Crippen LogP contribution in [0.25, 0.3) is 10.9 Å². The van der Waals surface area contributed by atoms with Crippen LogP contribution in [0.2, 0.25) is 0 Å². The highest BCUT2D eigenvalue weighted by molar-refractivity contribution is 5.90. The number of likely N-dealkylation sites (tertiary alicyclic amines) is 1. The third kappa shape index (κ3) is 2.93. The van der Waals surface area contributed by atoms with Crippen molar-refractivity contribution in [3.63, 3.8) is 0 Å². The Labute approximate surface area is 167 Å². The van der Waals surface area contributed by atoms with Gasteiger partial charge < -0.3 is 19.4 Å². The van der Waals surface area contributed by atoms with Crippen LogP contribution in [-0.4, -0.2) is 45.7 Å². The number of benzene rings is 1. The third-order valence-electron chi connectivity index (χ3n) is 6.32. The van der Waals surface area contributed by atoms with Crippen molar-refractivity contribution >= 4 is 16.9 Å². The Morgan fingerprint density at radius 2 is 2.10 bits per heavy atom. The Bertz CT molecular complexity index is 1150. The summed E-state index contributed by atoms with van der Waals surface area (Å²) in [6.07, 6.45) is 2.79. The van der Waals surface area contributed by atoms with Gasteiger partial charge >= 0.3 is 5.97 Å². The van der Waals surface area contributed by atoms with E-state index in [9.17, 15) is 14.7 Å². The molecule has 2 N–H and O–H groups in total. The highest BCUT2D eigenvalue weighted by Gasteiger charge is 2.40. The Kier molecular flexibility index (Phi) is 4.20. The first-order valence-electron chi connectivity index (χ1n) is 9.86. The van der Waals surface area contributed by atoms with Crippen molar-refractivity contribution in [1.82, 2.24) is 14.5 Å². The maximum Gasteiger partial charge on any atom is 0.325 e. The molecular formula is C22H23N3O4. The highest BCUT2D eigenvalue weighted by Crippen LogP contribution is 2.40. The van der Waals surface area contributed by atoms with Gasteiger partial charge in [0.15, 0.2) is 0 Å². The lowest BCUT2D eigenvalue weighted by atomic mass is 9.82. The van der Waals surface area contributed by atoms with Crippen LogP contribution in [0.4, 0.5) is 0 Å². The highest BCUT2D eigenvalue weighted by atomic mass is 16.5. The minimum Gasteiger partial charge on any atom is -0.497 e. The molecule has 2 bridgehead atoms. The first-order chi connectivity index (χ1) is 14.0. The number of carbonyl (C=O) groups is 1. The van der Waals surface area contributed by atoms with Crippen LogP contribution in [0.5, 0.6) is 5.75 Å². The monoisotopic (exact) mass is 393 g/mol. The number of H-pyrrole nitrogens is 1. The molecule has 0 radical (unpaired) electrons. The minimum atomic E-state index is -0.862. The summed E-state index contributed by atoms with van der Waals surface area (Å²) in [6.45, 7) is 1.93. The Hall–Kier alpha value is -3.06. The molecule has 1 saturated heterocycles. The van der Waals surface area contributed by atoms with E-state index in [4.69, 9.17) is 4.74 Å². The first-order valence-corrected chi connectivity index (χ1v) is 9.86. The molecule has 2 aliphatic heterocycles. The number of carboxylic acid groups (broad SMARTS) is 1. The van der Waals surface area contributed by atoms with E-state index < -0.39 is 12.0 Å². The summed E-state index contributed by atoms with van der Waals surface area (Å²) in [6, 6.07) is 10.3. The fourth-order valence-electron chi connectivity index (χ4n) is 5.10. The van der Waals surface area contributed by atoms with Crippen molar-refractivity contribution in [3.8, 4) is 5.75 Å². The number of carboxylic acids is 1. The predicted molar refractivity (Wildman–Crippen MR) is 108 cm³/mol. The molecule has 150 valence electrons. The Morgan fingerprint density at radius 3 is 2.90 bits per heavy atom. The lowest BCUT2D eigenvalue weighted by Gasteiger charge is -2.44. The second-order valence-corrected chi connectivity index (χ2v) is 8.05. The quantitative estimate of drug-likeness (QED) is 0.711. The second kappa shape index (κ2) is 6.77. The van der Waals surface area contributed by atoms with Gasteiger partial charge in [0.05, 0.1) is 7.11 Å². The number of aliphatic carboxylic acids is 1. The number of methoxy groups -OCH3 is 1. The summed E-state index contributed by atoms with van der Waals surface area (Å²) in [5.41, 5.74) is 2.69. The van der Waals surface area contributed by atoms with E-state index in [0.717, 1.165) is 28.6 Å². The maximum absolute atomic E-state index is 12.4. The molecule has 0 unspecified atom stereocenters. The van der Waals surface area contributed by atoms with Gasteiger partial charge in [-0.15, -0.1) is 0 Å². The van der Waals surface area contributed by atoms with Gasteiger partial charge in [0.2, 0.25) is 0 Å². The van der Waals surface area contributed by atoms with Crippen molar-refractivity contribution in [3.05, 3.63) is 64.2 Å². The zero-order valence-electron chi connectivity index (χ0n) is 16.2. The third-order valence-corrected chi connectivity index (χ3v) is 6.32. The minimum absolute atomic E-state index is 0.0316. The number of rotatable bonds is 4. The number of ether oxygens (including phenoxy) is 1. The molecule has 3 atom stereocenters. The fourth-order valence-corrected chi connectivity index (χ4v) is 5.10. The van der Waals surface area contributed by atoms with Crippen LogP contribution < -0.4 is 10.3 Å². The molecule has 3 aromatic rings. The number of hydrogen-bond donors (Lipinski definition) is 2. The smallest absolute Gasteiger partial charge is 0.325 e. The summed E-state index contributed by atoms with van der Waals surface area (Å²) in [5, 5.41) is 11.0. The summed E-state index contributed by atoms with van der Waals surface area (Å²) < 4.78 is 7.20. The Balaban J connectivity index is 1.54. The van der Waals surface area contributed by atoms with Gasteiger partial charge in [-0.1, -0.05) is 6.07 Å². The van der Waals surface area contributed by atoms with Crippen LogP contribution in [0.1, 0.15) is 29.6 Å². The lowest BCUT2D eigenvalue weighted by Crippen LogP contribution is -2.49. The largest absolute Gasteiger partial charge is 0.497 e. The van der Waals surface area contributed by atoms with Crippen LogP contribution in [-0.2, 0) is 11.3 Å². The molecule has 0 spiro atoms. The molecule has 7 heteroatoms. The van der Waals surface area contributed by atoms with Crippen molar-refractivity contribution in [2.24, 2.45) is 5.92 Å². The van der Waals surface area contributed by atoms with Gasteiger partial charge in [-0.25, -0.2) is 0 Å². The average Bonchev–Trinajstić information content (AvgIpc) is 3.11. The van der Waals surface area contributed by atoms with Gasteiger partial charge in [-0.3, -0.25) is 14.5 Å².